The maximum absolute atomic E-state index is 12.9. The van der Waals surface area contributed by atoms with E-state index in [0.717, 1.165) is 6.07 Å². The number of benzene rings is 2. The number of carbonyl (C=O) groups is 2. The van der Waals surface area contributed by atoms with E-state index in [1.54, 1.807) is 24.3 Å². The van der Waals surface area contributed by atoms with E-state index in [-0.39, 0.29) is 18.0 Å². The van der Waals surface area contributed by atoms with Gasteiger partial charge in [0.2, 0.25) is 0 Å². The predicted molar refractivity (Wildman–Crippen MR) is 91.8 cm³/mol. The van der Waals surface area contributed by atoms with E-state index in [1.165, 1.54) is 25.1 Å². The summed E-state index contributed by atoms with van der Waals surface area (Å²) in [4.78, 5) is 22.9. The molecule has 2 rings (SSSR count). The van der Waals surface area contributed by atoms with Gasteiger partial charge in [-0.3, -0.25) is 4.79 Å². The van der Waals surface area contributed by atoms with Gasteiger partial charge in [-0.2, -0.15) is 13.2 Å². The Morgan fingerprint density at radius 2 is 1.69 bits per heavy atom. The molecular formula is C19H15F3N2O2. The van der Waals surface area contributed by atoms with Crippen LogP contribution in [0.1, 0.15) is 28.4 Å². The lowest BCUT2D eigenvalue weighted by atomic mass is 10.1. The van der Waals surface area contributed by atoms with Crippen LogP contribution in [0.4, 0.5) is 23.7 Å². The molecule has 0 bridgehead atoms. The number of urea groups is 1. The largest absolute Gasteiger partial charge is 0.418 e. The number of hydrogen-bond acceptors (Lipinski definition) is 2. The van der Waals surface area contributed by atoms with Gasteiger partial charge in [0.05, 0.1) is 17.8 Å². The summed E-state index contributed by atoms with van der Waals surface area (Å²) < 4.78 is 38.6. The lowest BCUT2D eigenvalue weighted by Gasteiger charge is -2.13. The van der Waals surface area contributed by atoms with Gasteiger partial charge in [0.25, 0.3) is 0 Å². The maximum atomic E-state index is 12.9. The minimum atomic E-state index is -4.56. The lowest BCUT2D eigenvalue weighted by molar-refractivity contribution is -0.136. The van der Waals surface area contributed by atoms with E-state index in [2.05, 4.69) is 22.5 Å². The molecule has 0 aromatic heterocycles. The number of para-hydroxylation sites is 1. The van der Waals surface area contributed by atoms with Crippen molar-refractivity contribution < 1.29 is 22.8 Å². The Morgan fingerprint density at radius 1 is 1.04 bits per heavy atom. The van der Waals surface area contributed by atoms with Crippen molar-refractivity contribution in [3.8, 4) is 11.8 Å². The average molecular weight is 360 g/mol. The highest BCUT2D eigenvalue weighted by molar-refractivity contribution is 5.94. The van der Waals surface area contributed by atoms with Gasteiger partial charge in [-0.1, -0.05) is 36.1 Å². The van der Waals surface area contributed by atoms with E-state index in [9.17, 15) is 22.8 Å². The molecule has 0 atom stereocenters. The van der Waals surface area contributed by atoms with Crippen LogP contribution in [0.25, 0.3) is 0 Å². The van der Waals surface area contributed by atoms with Gasteiger partial charge >= 0.3 is 12.2 Å². The van der Waals surface area contributed by atoms with Crippen molar-refractivity contribution in [3.05, 3.63) is 65.2 Å². The summed E-state index contributed by atoms with van der Waals surface area (Å²) in [6.45, 7) is 1.41. The van der Waals surface area contributed by atoms with Gasteiger partial charge in [-0.15, -0.1) is 0 Å². The standard InChI is InChI=1S/C19H15F3N2O2/c1-13(25)15-10-8-14(9-11-15)5-4-12-23-18(26)24-17-7-3-2-6-16(17)19(20,21)22/h2-3,6-11H,12H2,1H3,(H2,23,24,26). The number of nitrogens with one attached hydrogen (secondary N) is 2. The SMILES string of the molecule is CC(=O)c1ccc(C#CCNC(=O)Nc2ccccc2C(F)(F)F)cc1. The van der Waals surface area contributed by atoms with Crippen LogP contribution in [0.15, 0.2) is 48.5 Å². The van der Waals surface area contributed by atoms with Crippen LogP contribution in [0, 0.1) is 11.8 Å². The molecule has 2 aromatic rings. The molecule has 4 nitrogen and oxygen atoms in total. The molecule has 0 radical (unpaired) electrons. The molecule has 0 saturated carbocycles. The van der Waals surface area contributed by atoms with E-state index in [0.29, 0.717) is 11.1 Å². The fourth-order valence-corrected chi connectivity index (χ4v) is 2.06. The Hall–Kier alpha value is -3.27. The van der Waals surface area contributed by atoms with Crippen molar-refractivity contribution in [3.63, 3.8) is 0 Å². The Morgan fingerprint density at radius 3 is 2.31 bits per heavy atom. The third-order valence-electron chi connectivity index (χ3n) is 3.34. The fourth-order valence-electron chi connectivity index (χ4n) is 2.06. The molecule has 134 valence electrons. The highest BCUT2D eigenvalue weighted by Crippen LogP contribution is 2.34. The van der Waals surface area contributed by atoms with Crippen molar-refractivity contribution in [1.29, 1.82) is 0 Å². The average Bonchev–Trinajstić information content (AvgIpc) is 2.58. The fraction of sp³-hybridized carbons (Fsp3) is 0.158. The Kier molecular flexibility index (Phi) is 6.02. The van der Waals surface area contributed by atoms with Gasteiger partial charge in [0, 0.05) is 11.1 Å². The Bertz CT molecular complexity index is 863. The molecule has 0 aliphatic rings. The second kappa shape index (κ2) is 8.21. The Labute approximate surface area is 148 Å². The number of amides is 2. The zero-order valence-electron chi connectivity index (χ0n) is 13.8. The van der Waals surface area contributed by atoms with Gasteiger partial charge in [-0.25, -0.2) is 4.79 Å². The van der Waals surface area contributed by atoms with Crippen molar-refractivity contribution in [2.24, 2.45) is 0 Å². The molecule has 2 amide bonds. The zero-order valence-corrected chi connectivity index (χ0v) is 13.8. The Balaban J connectivity index is 1.92. The van der Waals surface area contributed by atoms with E-state index in [4.69, 9.17) is 0 Å². The summed E-state index contributed by atoms with van der Waals surface area (Å²) in [6.07, 6.45) is -4.56. The summed E-state index contributed by atoms with van der Waals surface area (Å²) in [6, 6.07) is 10.5. The maximum Gasteiger partial charge on any atom is 0.418 e. The summed E-state index contributed by atoms with van der Waals surface area (Å²) in [5, 5.41) is 4.52. The number of halogens is 3. The molecule has 7 heteroatoms. The van der Waals surface area contributed by atoms with Crippen molar-refractivity contribution >= 4 is 17.5 Å². The molecule has 0 aliphatic heterocycles. The minimum Gasteiger partial charge on any atom is -0.327 e. The van der Waals surface area contributed by atoms with Gasteiger partial charge in [-0.05, 0) is 31.2 Å². The molecule has 0 spiro atoms. The van der Waals surface area contributed by atoms with Crippen LogP contribution in [-0.4, -0.2) is 18.4 Å². The van der Waals surface area contributed by atoms with E-state index in [1.807, 2.05) is 0 Å². The number of Topliss-reactive ketones (excluding diaryl/α,β-unsaturated/α-hetero) is 1. The molecule has 26 heavy (non-hydrogen) atoms. The van der Waals surface area contributed by atoms with E-state index >= 15 is 0 Å². The number of carbonyl (C=O) groups excluding carboxylic acids is 2. The molecule has 2 aromatic carbocycles. The number of hydrogen-bond donors (Lipinski definition) is 2. The normalized spacial score (nSPS) is 10.5. The first-order chi connectivity index (χ1) is 12.3. The molecule has 0 unspecified atom stereocenters. The number of rotatable bonds is 3. The van der Waals surface area contributed by atoms with Gasteiger partial charge < -0.3 is 10.6 Å². The molecule has 0 fully saturated rings. The molecule has 0 heterocycles. The zero-order chi connectivity index (χ0) is 19.2. The van der Waals surface area contributed by atoms with Crippen LogP contribution in [0.5, 0.6) is 0 Å². The van der Waals surface area contributed by atoms with Crippen LogP contribution in [-0.2, 0) is 6.18 Å². The van der Waals surface area contributed by atoms with Crippen LogP contribution in [0.2, 0.25) is 0 Å². The smallest absolute Gasteiger partial charge is 0.327 e. The first-order valence-electron chi connectivity index (χ1n) is 7.58. The summed E-state index contributed by atoms with van der Waals surface area (Å²) in [7, 11) is 0. The van der Waals surface area contributed by atoms with Crippen LogP contribution < -0.4 is 10.6 Å². The lowest BCUT2D eigenvalue weighted by Crippen LogP contribution is -2.29. The topological polar surface area (TPSA) is 58.2 Å². The van der Waals surface area contributed by atoms with E-state index < -0.39 is 17.8 Å². The first kappa shape index (κ1) is 19.1. The first-order valence-corrected chi connectivity index (χ1v) is 7.58. The molecular weight excluding hydrogens is 345 g/mol. The van der Waals surface area contributed by atoms with Crippen LogP contribution in [0.3, 0.4) is 0 Å². The second-order valence-electron chi connectivity index (χ2n) is 5.29. The number of ketones is 1. The van der Waals surface area contributed by atoms with Gasteiger partial charge in [0.1, 0.15) is 0 Å². The number of alkyl halides is 3. The quantitative estimate of drug-likeness (QED) is 0.640. The third kappa shape index (κ3) is 5.38. The molecule has 0 saturated heterocycles. The van der Waals surface area contributed by atoms with Gasteiger partial charge in [0.15, 0.2) is 5.78 Å². The minimum absolute atomic E-state index is 0.0471. The van der Waals surface area contributed by atoms with Crippen molar-refractivity contribution in [1.82, 2.24) is 5.32 Å². The second-order valence-corrected chi connectivity index (χ2v) is 5.29. The molecule has 2 N–H and O–H groups in total. The molecule has 0 aliphatic carbocycles. The predicted octanol–water partition coefficient (Wildman–Crippen LogP) is 4.08. The monoisotopic (exact) mass is 360 g/mol. The van der Waals surface area contributed by atoms with Crippen LogP contribution >= 0.6 is 0 Å². The van der Waals surface area contributed by atoms with Crippen molar-refractivity contribution in [2.75, 3.05) is 11.9 Å². The third-order valence-corrected chi connectivity index (χ3v) is 3.34. The summed E-state index contributed by atoms with van der Waals surface area (Å²) >= 11 is 0. The highest BCUT2D eigenvalue weighted by Gasteiger charge is 2.33. The highest BCUT2D eigenvalue weighted by atomic mass is 19.4. The number of anilines is 1. The van der Waals surface area contributed by atoms with Crippen molar-refractivity contribution in [2.45, 2.75) is 13.1 Å². The summed E-state index contributed by atoms with van der Waals surface area (Å²) in [5.74, 6) is 5.41. The summed E-state index contributed by atoms with van der Waals surface area (Å²) in [5.41, 5.74) is -0.0342.